The van der Waals surface area contributed by atoms with Gasteiger partial charge in [0.15, 0.2) is 11.4 Å². The second-order valence-corrected chi connectivity index (χ2v) is 5.50. The molecule has 8 heteroatoms. The summed E-state index contributed by atoms with van der Waals surface area (Å²) in [5, 5.41) is 20.7. The summed E-state index contributed by atoms with van der Waals surface area (Å²) in [5.74, 6) is -1.46. The molecule has 0 bridgehead atoms. The maximum absolute atomic E-state index is 14.1. The number of rotatable bonds is 5. The number of carbonyl (C=O) groups is 1. The van der Waals surface area contributed by atoms with E-state index in [1.165, 1.54) is 16.8 Å². The Morgan fingerprint density at radius 3 is 2.62 bits per heavy atom. The standard InChI is InChI=1S/C13H14BrFN4O2/c1-3-13(4-2,12(20)21)19-11(16-17-18-19)9-6-5-8(14)7-10(9)15/h5-7H,3-4H2,1-2H3,(H,20,21). The van der Waals surface area contributed by atoms with Crippen LogP contribution in [0.1, 0.15) is 26.7 Å². The molecule has 112 valence electrons. The average Bonchev–Trinajstić information content (AvgIpc) is 2.90. The highest BCUT2D eigenvalue weighted by molar-refractivity contribution is 9.10. The number of aromatic nitrogens is 4. The fraction of sp³-hybridized carbons (Fsp3) is 0.385. The number of tetrazole rings is 1. The summed E-state index contributed by atoms with van der Waals surface area (Å²) in [4.78, 5) is 11.7. The highest BCUT2D eigenvalue weighted by Gasteiger charge is 2.40. The van der Waals surface area contributed by atoms with Gasteiger partial charge in [0.1, 0.15) is 5.82 Å². The predicted molar refractivity (Wildman–Crippen MR) is 77.1 cm³/mol. The number of halogens is 2. The number of carboxylic acids is 1. The van der Waals surface area contributed by atoms with Gasteiger partial charge in [-0.2, -0.15) is 0 Å². The third-order valence-electron chi connectivity index (χ3n) is 3.61. The second-order valence-electron chi connectivity index (χ2n) is 4.58. The van der Waals surface area contributed by atoms with E-state index in [-0.39, 0.29) is 24.2 Å². The quantitative estimate of drug-likeness (QED) is 0.890. The van der Waals surface area contributed by atoms with Gasteiger partial charge in [0, 0.05) is 4.47 Å². The van der Waals surface area contributed by atoms with Crippen LogP contribution in [0.3, 0.4) is 0 Å². The van der Waals surface area contributed by atoms with Crippen molar-refractivity contribution in [3.8, 4) is 11.4 Å². The molecular formula is C13H14BrFN4O2. The van der Waals surface area contributed by atoms with Gasteiger partial charge in [0.05, 0.1) is 5.56 Å². The minimum Gasteiger partial charge on any atom is -0.479 e. The Morgan fingerprint density at radius 1 is 1.43 bits per heavy atom. The van der Waals surface area contributed by atoms with Crippen LogP contribution in [0.25, 0.3) is 11.4 Å². The largest absolute Gasteiger partial charge is 0.479 e. The molecule has 2 aromatic rings. The van der Waals surface area contributed by atoms with Crippen LogP contribution >= 0.6 is 15.9 Å². The first-order valence-electron chi connectivity index (χ1n) is 6.44. The van der Waals surface area contributed by atoms with E-state index in [0.29, 0.717) is 4.47 Å². The molecule has 0 fully saturated rings. The summed E-state index contributed by atoms with van der Waals surface area (Å²) in [6.45, 7) is 3.47. The predicted octanol–water partition coefficient (Wildman–Crippen LogP) is 2.84. The number of aliphatic carboxylic acids is 1. The maximum Gasteiger partial charge on any atom is 0.331 e. The topological polar surface area (TPSA) is 80.9 Å². The molecular weight excluding hydrogens is 343 g/mol. The van der Waals surface area contributed by atoms with E-state index in [2.05, 4.69) is 31.5 Å². The van der Waals surface area contributed by atoms with Crippen LogP contribution in [0.4, 0.5) is 4.39 Å². The molecule has 0 saturated heterocycles. The fourth-order valence-electron chi connectivity index (χ4n) is 2.26. The van der Waals surface area contributed by atoms with Crippen LogP contribution in [0.5, 0.6) is 0 Å². The summed E-state index contributed by atoms with van der Waals surface area (Å²) in [5.41, 5.74) is -1.13. The number of hydrogen-bond acceptors (Lipinski definition) is 4. The Morgan fingerprint density at radius 2 is 2.10 bits per heavy atom. The van der Waals surface area contributed by atoms with Crippen LogP contribution in [0.15, 0.2) is 22.7 Å². The van der Waals surface area contributed by atoms with Crippen LogP contribution in [-0.4, -0.2) is 31.3 Å². The molecule has 0 amide bonds. The van der Waals surface area contributed by atoms with Crippen molar-refractivity contribution in [2.24, 2.45) is 0 Å². The van der Waals surface area contributed by atoms with Crippen molar-refractivity contribution >= 4 is 21.9 Å². The van der Waals surface area contributed by atoms with Crippen LogP contribution in [-0.2, 0) is 10.3 Å². The molecule has 0 aliphatic carbocycles. The van der Waals surface area contributed by atoms with E-state index in [4.69, 9.17) is 0 Å². The van der Waals surface area contributed by atoms with E-state index in [1.54, 1.807) is 19.9 Å². The van der Waals surface area contributed by atoms with Crippen LogP contribution in [0.2, 0.25) is 0 Å². The Labute approximate surface area is 129 Å². The normalized spacial score (nSPS) is 11.6. The molecule has 21 heavy (non-hydrogen) atoms. The number of benzene rings is 1. The van der Waals surface area contributed by atoms with Crippen molar-refractivity contribution in [1.29, 1.82) is 0 Å². The molecule has 0 atom stereocenters. The van der Waals surface area contributed by atoms with Crippen LogP contribution in [0, 0.1) is 5.82 Å². The monoisotopic (exact) mass is 356 g/mol. The Balaban J connectivity index is 2.64. The molecule has 0 aliphatic heterocycles. The zero-order chi connectivity index (χ0) is 15.6. The summed E-state index contributed by atoms with van der Waals surface area (Å²) < 4.78 is 15.9. The first-order valence-corrected chi connectivity index (χ1v) is 7.23. The van der Waals surface area contributed by atoms with Gasteiger partial charge in [0.2, 0.25) is 0 Å². The summed E-state index contributed by atoms with van der Waals surface area (Å²) in [6.07, 6.45) is 0.573. The molecule has 0 aliphatic rings. The first kappa shape index (κ1) is 15.6. The van der Waals surface area contributed by atoms with Crippen molar-refractivity contribution in [1.82, 2.24) is 20.2 Å². The lowest BCUT2D eigenvalue weighted by atomic mass is 9.92. The van der Waals surface area contributed by atoms with Crippen LogP contribution < -0.4 is 0 Å². The van der Waals surface area contributed by atoms with Gasteiger partial charge in [-0.1, -0.05) is 29.8 Å². The van der Waals surface area contributed by atoms with Crippen molar-refractivity contribution < 1.29 is 14.3 Å². The van der Waals surface area contributed by atoms with Crippen molar-refractivity contribution in [2.75, 3.05) is 0 Å². The number of nitrogens with zero attached hydrogens (tertiary/aromatic N) is 4. The number of hydrogen-bond donors (Lipinski definition) is 1. The van der Waals surface area contributed by atoms with Gasteiger partial charge < -0.3 is 5.11 Å². The van der Waals surface area contributed by atoms with Crippen molar-refractivity contribution in [2.45, 2.75) is 32.2 Å². The molecule has 1 N–H and O–H groups in total. The molecule has 0 unspecified atom stereocenters. The summed E-state index contributed by atoms with van der Waals surface area (Å²) >= 11 is 3.18. The zero-order valence-electron chi connectivity index (χ0n) is 11.5. The molecule has 0 spiro atoms. The molecule has 0 radical (unpaired) electrons. The fourth-order valence-corrected chi connectivity index (χ4v) is 2.59. The van der Waals surface area contributed by atoms with E-state index in [0.717, 1.165) is 0 Å². The van der Waals surface area contributed by atoms with Crippen molar-refractivity contribution in [3.05, 3.63) is 28.5 Å². The Kier molecular flexibility index (Phi) is 4.36. The smallest absolute Gasteiger partial charge is 0.331 e. The highest BCUT2D eigenvalue weighted by atomic mass is 79.9. The summed E-state index contributed by atoms with van der Waals surface area (Å²) in [7, 11) is 0. The second kappa shape index (κ2) is 5.88. The lowest BCUT2D eigenvalue weighted by Gasteiger charge is -2.27. The van der Waals surface area contributed by atoms with Gasteiger partial charge in [-0.3, -0.25) is 0 Å². The van der Waals surface area contributed by atoms with Gasteiger partial charge >= 0.3 is 5.97 Å². The Hall–Kier alpha value is -1.83. The van der Waals surface area contributed by atoms with E-state index in [1.807, 2.05) is 0 Å². The molecule has 1 aromatic heterocycles. The molecule has 1 aromatic carbocycles. The van der Waals surface area contributed by atoms with Gasteiger partial charge in [-0.05, 0) is 41.5 Å². The zero-order valence-corrected chi connectivity index (χ0v) is 13.1. The minimum absolute atomic E-state index is 0.103. The molecule has 1 heterocycles. The first-order chi connectivity index (χ1) is 9.96. The van der Waals surface area contributed by atoms with Gasteiger partial charge in [-0.25, -0.2) is 13.9 Å². The number of carboxylic acid groups (broad SMARTS) is 1. The molecule has 2 rings (SSSR count). The van der Waals surface area contributed by atoms with E-state index < -0.39 is 17.3 Å². The highest BCUT2D eigenvalue weighted by Crippen LogP contribution is 2.31. The lowest BCUT2D eigenvalue weighted by molar-refractivity contribution is -0.148. The van der Waals surface area contributed by atoms with Gasteiger partial charge in [0.25, 0.3) is 0 Å². The third-order valence-corrected chi connectivity index (χ3v) is 4.11. The Bertz CT molecular complexity index is 670. The minimum atomic E-state index is -1.29. The lowest BCUT2D eigenvalue weighted by Crippen LogP contribution is -2.42. The maximum atomic E-state index is 14.1. The van der Waals surface area contributed by atoms with E-state index in [9.17, 15) is 14.3 Å². The average molecular weight is 357 g/mol. The van der Waals surface area contributed by atoms with E-state index >= 15 is 0 Å². The van der Waals surface area contributed by atoms with Crippen molar-refractivity contribution in [3.63, 3.8) is 0 Å². The summed E-state index contributed by atoms with van der Waals surface area (Å²) in [6, 6.07) is 4.45. The SMILES string of the molecule is CCC(CC)(C(=O)O)n1nnnc1-c1ccc(Br)cc1F. The van der Waals surface area contributed by atoms with Gasteiger partial charge in [-0.15, -0.1) is 5.10 Å². The molecule has 0 saturated carbocycles. The molecule has 6 nitrogen and oxygen atoms in total. The third kappa shape index (κ3) is 2.55.